The second-order valence-corrected chi connectivity index (χ2v) is 6.80. The lowest BCUT2D eigenvalue weighted by atomic mass is 10.1. The molecule has 1 atom stereocenters. The average Bonchev–Trinajstić information content (AvgIpc) is 2.82. The number of hydrogen-bond acceptors (Lipinski definition) is 7. The predicted molar refractivity (Wildman–Crippen MR) is 102 cm³/mol. The Morgan fingerprint density at radius 3 is 2.78 bits per heavy atom. The number of phenolic OH excluding ortho intramolecular Hbond substituents is 1. The van der Waals surface area contributed by atoms with E-state index in [2.05, 4.69) is 15.3 Å². The molecular formula is C18H16ClN5O3. The molecule has 5 rings (SSSR count). The molecule has 2 aliphatic heterocycles. The minimum atomic E-state index is -0.616. The average molecular weight is 386 g/mol. The number of nitrogens with one attached hydrogen (secondary N) is 1. The maximum atomic E-state index is 10.4. The van der Waals surface area contributed by atoms with Gasteiger partial charge < -0.3 is 20.3 Å². The number of aromatic hydroxyl groups is 1. The summed E-state index contributed by atoms with van der Waals surface area (Å²) in [7, 11) is 0. The third-order valence-electron chi connectivity index (χ3n) is 4.57. The Morgan fingerprint density at radius 2 is 1.96 bits per heavy atom. The number of halogens is 1. The number of aromatic nitrogens is 2. The maximum absolute atomic E-state index is 10.4. The number of benzene rings is 2. The molecule has 9 heteroatoms. The van der Waals surface area contributed by atoms with Crippen LogP contribution in [0.3, 0.4) is 0 Å². The van der Waals surface area contributed by atoms with Crippen molar-refractivity contribution in [3.8, 4) is 17.2 Å². The summed E-state index contributed by atoms with van der Waals surface area (Å²) in [6, 6.07) is 8.54. The summed E-state index contributed by atoms with van der Waals surface area (Å²) >= 11 is 6.14. The van der Waals surface area contributed by atoms with Gasteiger partial charge in [-0.2, -0.15) is 0 Å². The van der Waals surface area contributed by atoms with Crippen molar-refractivity contribution in [3.05, 3.63) is 40.9 Å². The van der Waals surface area contributed by atoms with E-state index >= 15 is 0 Å². The number of nitrogens with zero attached hydrogens (tertiary/aromatic N) is 3. The standard InChI is InChI=1S/C18H16ClN5O3/c19-9-2-3-13(25)10(6-9)16-22-17(20)23-18-21-11-7-14-15(8-12(11)24(16)18)27-5-1-4-26-14/h2-3,6-8,16,25H,1,4-5H2,(H3,20,21,22,23)/t16-/m0/s1. The number of hydrogen-bond donors (Lipinski definition) is 3. The lowest BCUT2D eigenvalue weighted by molar-refractivity contribution is 0.297. The molecule has 3 heterocycles. The summed E-state index contributed by atoms with van der Waals surface area (Å²) in [5.74, 6) is 2.11. The highest BCUT2D eigenvalue weighted by atomic mass is 35.5. The number of fused-ring (bicyclic) bond motifs is 4. The van der Waals surface area contributed by atoms with Crippen LogP contribution in [0.5, 0.6) is 17.2 Å². The van der Waals surface area contributed by atoms with Crippen LogP contribution >= 0.6 is 11.6 Å². The zero-order chi connectivity index (χ0) is 18.5. The topological polar surface area (TPSA) is 107 Å². The van der Waals surface area contributed by atoms with Gasteiger partial charge in [0.2, 0.25) is 5.95 Å². The summed E-state index contributed by atoms with van der Waals surface area (Å²) in [6.45, 7) is 1.18. The molecule has 0 radical (unpaired) electrons. The van der Waals surface area contributed by atoms with E-state index in [4.69, 9.17) is 26.8 Å². The third kappa shape index (κ3) is 2.60. The SMILES string of the molecule is NC1=N[C@H](c2cc(Cl)ccc2O)n2c(nc3cc4c(cc32)OCCCO4)N1. The lowest BCUT2D eigenvalue weighted by Crippen LogP contribution is -2.31. The van der Waals surface area contributed by atoms with Crippen molar-refractivity contribution in [1.82, 2.24) is 9.55 Å². The molecule has 0 unspecified atom stereocenters. The molecule has 0 aliphatic carbocycles. The van der Waals surface area contributed by atoms with Crippen molar-refractivity contribution in [2.45, 2.75) is 12.6 Å². The Labute approximate surface area is 159 Å². The van der Waals surface area contributed by atoms with Gasteiger partial charge in [-0.05, 0) is 18.2 Å². The van der Waals surface area contributed by atoms with Crippen LogP contribution in [0.1, 0.15) is 18.2 Å². The van der Waals surface area contributed by atoms with Gasteiger partial charge in [-0.15, -0.1) is 0 Å². The van der Waals surface area contributed by atoms with Crippen LogP contribution in [0.2, 0.25) is 5.02 Å². The first-order chi connectivity index (χ1) is 13.1. The first kappa shape index (κ1) is 16.1. The normalized spacial score (nSPS) is 18.4. The minimum absolute atomic E-state index is 0.0741. The molecule has 0 saturated heterocycles. The fourth-order valence-electron chi connectivity index (χ4n) is 3.36. The summed E-state index contributed by atoms with van der Waals surface area (Å²) in [5.41, 5.74) is 7.97. The number of nitrogens with two attached hydrogens (primary N) is 1. The smallest absolute Gasteiger partial charge is 0.212 e. The number of aliphatic imine (C=N–C) groups is 1. The summed E-state index contributed by atoms with van der Waals surface area (Å²) < 4.78 is 13.4. The van der Waals surface area contributed by atoms with Crippen LogP contribution in [0.25, 0.3) is 11.0 Å². The van der Waals surface area contributed by atoms with E-state index in [0.29, 0.717) is 46.8 Å². The first-order valence-corrected chi connectivity index (χ1v) is 8.88. The van der Waals surface area contributed by atoms with Gasteiger partial charge >= 0.3 is 0 Å². The van der Waals surface area contributed by atoms with Gasteiger partial charge in [-0.3, -0.25) is 9.88 Å². The van der Waals surface area contributed by atoms with E-state index < -0.39 is 6.17 Å². The van der Waals surface area contributed by atoms with Gasteiger partial charge in [0.25, 0.3) is 0 Å². The summed E-state index contributed by atoms with van der Waals surface area (Å²) in [6.07, 6.45) is 0.202. The van der Waals surface area contributed by atoms with Crippen LogP contribution in [-0.2, 0) is 0 Å². The number of anilines is 1. The molecule has 0 amide bonds. The van der Waals surface area contributed by atoms with E-state index in [1.165, 1.54) is 6.07 Å². The molecular weight excluding hydrogens is 370 g/mol. The van der Waals surface area contributed by atoms with E-state index in [0.717, 1.165) is 11.9 Å². The number of phenols is 1. The van der Waals surface area contributed by atoms with Crippen LogP contribution in [0.4, 0.5) is 5.95 Å². The molecule has 138 valence electrons. The van der Waals surface area contributed by atoms with Gasteiger partial charge in [0, 0.05) is 29.1 Å². The Hall–Kier alpha value is -3.13. The van der Waals surface area contributed by atoms with Gasteiger partial charge in [0.1, 0.15) is 5.75 Å². The Kier molecular flexibility index (Phi) is 3.54. The van der Waals surface area contributed by atoms with Crippen molar-refractivity contribution >= 4 is 34.5 Å². The zero-order valence-corrected chi connectivity index (χ0v) is 14.9. The van der Waals surface area contributed by atoms with Gasteiger partial charge in [-0.25, -0.2) is 9.98 Å². The highest BCUT2D eigenvalue weighted by Gasteiger charge is 2.28. The molecule has 2 aromatic carbocycles. The molecule has 0 saturated carbocycles. The Morgan fingerprint density at radius 1 is 1.19 bits per heavy atom. The monoisotopic (exact) mass is 385 g/mol. The molecule has 0 bridgehead atoms. The van der Waals surface area contributed by atoms with Gasteiger partial charge in [-0.1, -0.05) is 11.6 Å². The lowest BCUT2D eigenvalue weighted by Gasteiger charge is -2.24. The van der Waals surface area contributed by atoms with Gasteiger partial charge in [0.15, 0.2) is 23.6 Å². The molecule has 1 aromatic heterocycles. The maximum Gasteiger partial charge on any atom is 0.212 e. The van der Waals surface area contributed by atoms with Crippen molar-refractivity contribution in [2.24, 2.45) is 10.7 Å². The summed E-state index contributed by atoms with van der Waals surface area (Å²) in [4.78, 5) is 9.08. The predicted octanol–water partition coefficient (Wildman–Crippen LogP) is 2.84. The van der Waals surface area contributed by atoms with Crippen LogP contribution in [0.15, 0.2) is 35.3 Å². The second kappa shape index (κ2) is 5.95. The number of guanidine groups is 1. The van der Waals surface area contributed by atoms with Crippen LogP contribution < -0.4 is 20.5 Å². The van der Waals surface area contributed by atoms with Crippen LogP contribution in [-0.4, -0.2) is 33.8 Å². The molecule has 3 aromatic rings. The highest BCUT2D eigenvalue weighted by molar-refractivity contribution is 6.30. The number of rotatable bonds is 1. The summed E-state index contributed by atoms with van der Waals surface area (Å²) in [5, 5.41) is 13.8. The first-order valence-electron chi connectivity index (χ1n) is 8.50. The number of ether oxygens (including phenoxy) is 2. The Balaban J connectivity index is 1.74. The largest absolute Gasteiger partial charge is 0.508 e. The quantitative estimate of drug-likeness (QED) is 0.594. The fourth-order valence-corrected chi connectivity index (χ4v) is 3.55. The number of imidazole rings is 1. The van der Waals surface area contributed by atoms with Crippen molar-refractivity contribution in [1.29, 1.82) is 0 Å². The molecule has 0 spiro atoms. The molecule has 2 aliphatic rings. The minimum Gasteiger partial charge on any atom is -0.508 e. The van der Waals surface area contributed by atoms with Crippen molar-refractivity contribution in [3.63, 3.8) is 0 Å². The highest BCUT2D eigenvalue weighted by Crippen LogP contribution is 2.40. The molecule has 0 fully saturated rings. The molecule has 4 N–H and O–H groups in total. The van der Waals surface area contributed by atoms with Gasteiger partial charge in [0.05, 0.1) is 24.2 Å². The van der Waals surface area contributed by atoms with E-state index in [1.807, 2.05) is 16.7 Å². The van der Waals surface area contributed by atoms with E-state index in [-0.39, 0.29) is 11.7 Å². The van der Waals surface area contributed by atoms with Crippen molar-refractivity contribution in [2.75, 3.05) is 18.5 Å². The van der Waals surface area contributed by atoms with Crippen molar-refractivity contribution < 1.29 is 14.6 Å². The van der Waals surface area contributed by atoms with Crippen LogP contribution in [0, 0.1) is 0 Å². The molecule has 8 nitrogen and oxygen atoms in total. The Bertz CT molecular complexity index is 1090. The van der Waals surface area contributed by atoms with E-state index in [1.54, 1.807) is 12.1 Å². The fraction of sp³-hybridized carbons (Fsp3) is 0.222. The molecule has 27 heavy (non-hydrogen) atoms. The third-order valence-corrected chi connectivity index (χ3v) is 4.81. The zero-order valence-electron chi connectivity index (χ0n) is 14.1. The second-order valence-electron chi connectivity index (χ2n) is 6.36. The van der Waals surface area contributed by atoms with E-state index in [9.17, 15) is 5.11 Å².